The first-order chi connectivity index (χ1) is 18.0. The van der Waals surface area contributed by atoms with Gasteiger partial charge in [-0.3, -0.25) is 14.5 Å². The van der Waals surface area contributed by atoms with Gasteiger partial charge < -0.3 is 5.32 Å². The maximum Gasteiger partial charge on any atom is 0.240 e. The fraction of sp³-hybridized carbons (Fsp3) is 0.250. The summed E-state index contributed by atoms with van der Waals surface area (Å²) in [6.07, 6.45) is 0.803. The van der Waals surface area contributed by atoms with E-state index in [0.29, 0.717) is 16.5 Å². The van der Waals surface area contributed by atoms with E-state index in [2.05, 4.69) is 11.4 Å². The van der Waals surface area contributed by atoms with Crippen molar-refractivity contribution in [2.24, 2.45) is 0 Å². The van der Waals surface area contributed by atoms with Crippen molar-refractivity contribution < 1.29 is 9.59 Å². The number of hydrogen-bond donors (Lipinski definition) is 1. The lowest BCUT2D eigenvalue weighted by molar-refractivity contribution is -0.123. The summed E-state index contributed by atoms with van der Waals surface area (Å²) in [6.45, 7) is 3.87. The number of para-hydroxylation sites is 1. The number of thiophene rings is 1. The molecule has 6 nitrogen and oxygen atoms in total. The zero-order valence-corrected chi connectivity index (χ0v) is 22.9. The van der Waals surface area contributed by atoms with E-state index in [-0.39, 0.29) is 35.4 Å². The number of fused-ring (bicyclic) bond motifs is 1. The zero-order valence-electron chi connectivity index (χ0n) is 20.6. The smallest absolute Gasteiger partial charge is 0.240 e. The van der Waals surface area contributed by atoms with Crippen LogP contribution in [0.25, 0.3) is 16.9 Å². The molecule has 37 heavy (non-hydrogen) atoms. The molecule has 0 unspecified atom stereocenters. The highest BCUT2D eigenvalue weighted by Gasteiger charge is 2.38. The van der Waals surface area contributed by atoms with Crippen LogP contribution in [0.1, 0.15) is 36.0 Å². The molecule has 2 amide bonds. The Morgan fingerprint density at radius 1 is 1.14 bits per heavy atom. The summed E-state index contributed by atoms with van der Waals surface area (Å²) in [6, 6.07) is 21.5. The lowest BCUT2D eigenvalue weighted by atomic mass is 10.0. The van der Waals surface area contributed by atoms with Crippen molar-refractivity contribution in [3.05, 3.63) is 87.6 Å². The molecule has 2 aromatic heterocycles. The molecule has 0 fully saturated rings. The molecule has 0 bridgehead atoms. The molecule has 190 valence electrons. The molecule has 1 aliphatic heterocycles. The summed E-state index contributed by atoms with van der Waals surface area (Å²) in [5.41, 5.74) is 3.26. The topological polar surface area (TPSA) is 67.2 Å². The summed E-state index contributed by atoms with van der Waals surface area (Å²) >= 11 is 9.88. The van der Waals surface area contributed by atoms with Crippen LogP contribution in [0.4, 0.5) is 5.82 Å². The summed E-state index contributed by atoms with van der Waals surface area (Å²) in [4.78, 5) is 29.4. The number of nitrogens with zero attached hydrogens (tertiary/aromatic N) is 3. The molecule has 2 aromatic carbocycles. The minimum Gasteiger partial charge on any atom is -0.352 e. The summed E-state index contributed by atoms with van der Waals surface area (Å²) in [5.74, 6) is 0.475. The van der Waals surface area contributed by atoms with Crippen LogP contribution in [0.2, 0.25) is 5.02 Å². The molecule has 0 radical (unpaired) electrons. The fourth-order valence-electron chi connectivity index (χ4n) is 4.35. The molecular formula is C28H27ClN4O2S2. The van der Waals surface area contributed by atoms with E-state index in [4.69, 9.17) is 16.7 Å². The third kappa shape index (κ3) is 5.19. The highest BCUT2D eigenvalue weighted by molar-refractivity contribution is 8.00. The van der Waals surface area contributed by atoms with Gasteiger partial charge in [0.25, 0.3) is 0 Å². The molecule has 2 atom stereocenters. The first-order valence-corrected chi connectivity index (χ1v) is 14.5. The maximum atomic E-state index is 13.7. The van der Waals surface area contributed by atoms with Crippen molar-refractivity contribution in [2.75, 3.05) is 17.2 Å². The van der Waals surface area contributed by atoms with Crippen LogP contribution in [-0.4, -0.2) is 39.9 Å². The molecule has 1 N–H and O–H groups in total. The molecule has 5 rings (SSSR count). The van der Waals surface area contributed by atoms with Gasteiger partial charge in [0.15, 0.2) is 0 Å². The van der Waals surface area contributed by atoms with Gasteiger partial charge in [-0.1, -0.05) is 67.1 Å². The van der Waals surface area contributed by atoms with Gasteiger partial charge in [-0.15, -0.1) is 23.1 Å². The van der Waals surface area contributed by atoms with Crippen LogP contribution >= 0.6 is 34.7 Å². The lowest BCUT2D eigenvalue weighted by Crippen LogP contribution is -2.44. The Balaban J connectivity index is 1.77. The lowest BCUT2D eigenvalue weighted by Gasteiger charge is -2.24. The van der Waals surface area contributed by atoms with E-state index in [1.165, 1.54) is 0 Å². The molecule has 0 aliphatic carbocycles. The number of anilines is 1. The largest absolute Gasteiger partial charge is 0.352 e. The SMILES string of the molecule is CC[C@H](C)NC(=O)CN1C(=O)CS[C@@H](c2cccs2)c2c(-c3ccccc3)nn(-c3ccccc3Cl)c21. The number of benzene rings is 2. The van der Waals surface area contributed by atoms with Gasteiger partial charge >= 0.3 is 0 Å². The van der Waals surface area contributed by atoms with Gasteiger partial charge in [-0.05, 0) is 36.9 Å². The normalized spacial score (nSPS) is 16.2. The van der Waals surface area contributed by atoms with E-state index in [1.807, 2.05) is 73.8 Å². The Bertz CT molecular complexity index is 1410. The summed E-state index contributed by atoms with van der Waals surface area (Å²) < 4.78 is 1.74. The average molecular weight is 551 g/mol. The van der Waals surface area contributed by atoms with E-state index in [9.17, 15) is 9.59 Å². The van der Waals surface area contributed by atoms with Gasteiger partial charge in [0.05, 0.1) is 27.4 Å². The summed E-state index contributed by atoms with van der Waals surface area (Å²) in [7, 11) is 0. The monoisotopic (exact) mass is 550 g/mol. The third-order valence-electron chi connectivity index (χ3n) is 6.34. The van der Waals surface area contributed by atoms with Gasteiger partial charge in [0, 0.05) is 22.0 Å². The number of aromatic nitrogens is 2. The highest BCUT2D eigenvalue weighted by Crippen LogP contribution is 2.49. The molecule has 1 aliphatic rings. The molecule has 4 aromatic rings. The van der Waals surface area contributed by atoms with Crippen molar-refractivity contribution in [3.63, 3.8) is 0 Å². The molecule has 3 heterocycles. The van der Waals surface area contributed by atoms with Gasteiger partial charge in [0.1, 0.15) is 12.4 Å². The number of carbonyl (C=O) groups excluding carboxylic acids is 2. The second kappa shape index (κ2) is 11.1. The van der Waals surface area contributed by atoms with E-state index >= 15 is 0 Å². The minimum atomic E-state index is -0.207. The van der Waals surface area contributed by atoms with E-state index in [1.54, 1.807) is 38.7 Å². The van der Waals surface area contributed by atoms with Crippen molar-refractivity contribution in [1.29, 1.82) is 0 Å². The van der Waals surface area contributed by atoms with Crippen LogP contribution in [0.5, 0.6) is 0 Å². The summed E-state index contributed by atoms with van der Waals surface area (Å²) in [5, 5.41) is 10.5. The van der Waals surface area contributed by atoms with Crippen molar-refractivity contribution >= 4 is 52.3 Å². The first-order valence-electron chi connectivity index (χ1n) is 12.2. The number of hydrogen-bond acceptors (Lipinski definition) is 5. The molecule has 0 saturated heterocycles. The van der Waals surface area contributed by atoms with Crippen LogP contribution in [0, 0.1) is 0 Å². The Hall–Kier alpha value is -3.07. The van der Waals surface area contributed by atoms with Crippen LogP contribution in [-0.2, 0) is 9.59 Å². The quantitative estimate of drug-likeness (QED) is 0.291. The molecule has 0 spiro atoms. The molecule has 0 saturated carbocycles. The number of rotatable bonds is 7. The van der Waals surface area contributed by atoms with Crippen molar-refractivity contribution in [3.8, 4) is 16.9 Å². The Labute approximate surface area is 229 Å². The Morgan fingerprint density at radius 3 is 2.59 bits per heavy atom. The average Bonchev–Trinajstić information content (AvgIpc) is 3.55. The number of thioether (sulfide) groups is 1. The molecule has 9 heteroatoms. The number of carbonyl (C=O) groups is 2. The maximum absolute atomic E-state index is 13.7. The predicted octanol–water partition coefficient (Wildman–Crippen LogP) is 6.34. The predicted molar refractivity (Wildman–Crippen MR) is 153 cm³/mol. The second-order valence-corrected chi connectivity index (χ2v) is 11.4. The Morgan fingerprint density at radius 2 is 1.89 bits per heavy atom. The number of amides is 2. The van der Waals surface area contributed by atoms with Crippen molar-refractivity contribution in [2.45, 2.75) is 31.6 Å². The van der Waals surface area contributed by atoms with E-state index in [0.717, 1.165) is 28.1 Å². The van der Waals surface area contributed by atoms with Crippen molar-refractivity contribution in [1.82, 2.24) is 15.1 Å². The highest BCUT2D eigenvalue weighted by atomic mass is 35.5. The van der Waals surface area contributed by atoms with Gasteiger partial charge in [0.2, 0.25) is 11.8 Å². The van der Waals surface area contributed by atoms with Crippen LogP contribution in [0.15, 0.2) is 72.1 Å². The molecular weight excluding hydrogens is 524 g/mol. The standard InChI is InChI=1S/C28H27ClN4O2S2/c1-3-18(2)30-23(34)16-32-24(35)17-37-27(22-14-9-15-36-22)25-26(19-10-5-4-6-11-19)31-33(28(25)32)21-13-8-7-12-20(21)29/h4-15,18,27H,3,16-17H2,1-2H3,(H,30,34)/t18-,27-/m0/s1. The Kier molecular flexibility index (Phi) is 7.69. The second-order valence-electron chi connectivity index (χ2n) is 8.88. The zero-order chi connectivity index (χ0) is 25.9. The fourth-order valence-corrected chi connectivity index (χ4v) is 6.74. The van der Waals surface area contributed by atoms with Gasteiger partial charge in [-0.25, -0.2) is 4.68 Å². The van der Waals surface area contributed by atoms with E-state index < -0.39 is 0 Å². The number of nitrogens with one attached hydrogen (secondary N) is 1. The number of halogens is 1. The first kappa shape index (κ1) is 25.6. The van der Waals surface area contributed by atoms with Crippen LogP contribution < -0.4 is 10.2 Å². The van der Waals surface area contributed by atoms with Crippen LogP contribution in [0.3, 0.4) is 0 Å². The van der Waals surface area contributed by atoms with Gasteiger partial charge in [-0.2, -0.15) is 5.10 Å². The third-order valence-corrected chi connectivity index (χ3v) is 8.98. The minimum absolute atomic E-state index is 0.00986.